The van der Waals surface area contributed by atoms with Crippen molar-refractivity contribution in [1.29, 1.82) is 0 Å². The van der Waals surface area contributed by atoms with Crippen LogP contribution in [0.15, 0.2) is 29.3 Å². The highest BCUT2D eigenvalue weighted by Gasteiger charge is 2.39. The van der Waals surface area contributed by atoms with Gasteiger partial charge in [-0.15, -0.1) is 0 Å². The van der Waals surface area contributed by atoms with Gasteiger partial charge in [-0.2, -0.15) is 13.2 Å². The zero-order valence-electron chi connectivity index (χ0n) is 23.1. The Labute approximate surface area is 232 Å². The van der Waals surface area contributed by atoms with E-state index in [1.165, 1.54) is 13.0 Å². The molecule has 1 aromatic rings. The quantitative estimate of drug-likeness (QED) is 0.329. The Bertz CT molecular complexity index is 1180. The number of nitrogens with one attached hydrogen (secondary N) is 1. The van der Waals surface area contributed by atoms with Crippen LogP contribution >= 0.6 is 0 Å². The van der Waals surface area contributed by atoms with Crippen LogP contribution in [0.25, 0.3) is 0 Å². The molecule has 0 bridgehead atoms. The van der Waals surface area contributed by atoms with Crippen molar-refractivity contribution in [3.63, 3.8) is 0 Å². The number of piperazine rings is 1. The van der Waals surface area contributed by atoms with E-state index in [0.29, 0.717) is 24.3 Å². The molecule has 8 nitrogen and oxygen atoms in total. The second-order valence-electron chi connectivity index (χ2n) is 10.9. The van der Waals surface area contributed by atoms with Gasteiger partial charge in [0.1, 0.15) is 0 Å². The van der Waals surface area contributed by atoms with Gasteiger partial charge < -0.3 is 10.2 Å². The summed E-state index contributed by atoms with van der Waals surface area (Å²) in [5, 5.41) is 2.14. The van der Waals surface area contributed by atoms with Crippen molar-refractivity contribution in [3.8, 4) is 0 Å². The van der Waals surface area contributed by atoms with Gasteiger partial charge >= 0.3 is 6.18 Å². The number of alkyl halides is 3. The van der Waals surface area contributed by atoms with Crippen molar-refractivity contribution >= 4 is 35.0 Å². The largest absolute Gasteiger partial charge is 0.418 e. The van der Waals surface area contributed by atoms with E-state index in [1.807, 2.05) is 4.90 Å². The Morgan fingerprint density at radius 2 is 1.65 bits per heavy atom. The second kappa shape index (κ2) is 12.5. The number of imide groups is 1. The highest BCUT2D eigenvalue weighted by molar-refractivity contribution is 6.32. The predicted octanol–water partition coefficient (Wildman–Crippen LogP) is 4.75. The molecular formula is C29H37F3N4O4. The fraction of sp³-hybridized carbons (Fsp3) is 0.586. The van der Waals surface area contributed by atoms with E-state index in [2.05, 4.69) is 10.2 Å². The summed E-state index contributed by atoms with van der Waals surface area (Å²) in [5.41, 5.74) is -1.16. The minimum absolute atomic E-state index is 0.180. The van der Waals surface area contributed by atoms with Crippen LogP contribution in [-0.4, -0.2) is 66.2 Å². The third-order valence-electron chi connectivity index (χ3n) is 8.10. The molecule has 1 aliphatic carbocycles. The van der Waals surface area contributed by atoms with Gasteiger partial charge in [-0.25, -0.2) is 4.90 Å². The van der Waals surface area contributed by atoms with Crippen LogP contribution in [0, 0.1) is 5.92 Å². The molecule has 2 heterocycles. The smallest absolute Gasteiger partial charge is 0.340 e. The maximum absolute atomic E-state index is 13.6. The Hall–Kier alpha value is -3.21. The Kier molecular flexibility index (Phi) is 9.33. The third kappa shape index (κ3) is 6.74. The number of benzene rings is 1. The highest BCUT2D eigenvalue weighted by atomic mass is 19.4. The average molecular weight is 563 g/mol. The van der Waals surface area contributed by atoms with E-state index in [9.17, 15) is 32.3 Å². The molecule has 11 heteroatoms. The molecule has 1 N–H and O–H groups in total. The van der Waals surface area contributed by atoms with E-state index >= 15 is 0 Å². The number of amides is 4. The Morgan fingerprint density at radius 3 is 2.25 bits per heavy atom. The van der Waals surface area contributed by atoms with Crippen LogP contribution in [-0.2, 0) is 25.4 Å². The van der Waals surface area contributed by atoms with Crippen LogP contribution in [0.4, 0.5) is 24.5 Å². The van der Waals surface area contributed by atoms with Gasteiger partial charge in [0.25, 0.3) is 11.8 Å². The van der Waals surface area contributed by atoms with Gasteiger partial charge in [-0.3, -0.25) is 24.1 Å². The number of unbranched alkanes of at least 4 members (excludes halogenated alkanes) is 3. The number of hydrogen-bond acceptors (Lipinski definition) is 5. The Balaban J connectivity index is 1.23. The van der Waals surface area contributed by atoms with Crippen LogP contribution in [0.1, 0.15) is 70.8 Å². The Morgan fingerprint density at radius 1 is 0.975 bits per heavy atom. The van der Waals surface area contributed by atoms with Gasteiger partial charge in [0.05, 0.1) is 16.9 Å². The van der Waals surface area contributed by atoms with Crippen molar-refractivity contribution in [3.05, 3.63) is 34.9 Å². The van der Waals surface area contributed by atoms with Crippen molar-refractivity contribution < 1.29 is 32.3 Å². The summed E-state index contributed by atoms with van der Waals surface area (Å²) in [6, 6.07) is 3.01. The number of hydrogen-bond donors (Lipinski definition) is 1. The van der Waals surface area contributed by atoms with E-state index in [-0.39, 0.29) is 17.2 Å². The van der Waals surface area contributed by atoms with Gasteiger partial charge in [0.2, 0.25) is 11.8 Å². The number of anilines is 2. The summed E-state index contributed by atoms with van der Waals surface area (Å²) < 4.78 is 40.9. The number of carbonyl (C=O) groups excluding carboxylic acids is 4. The first-order chi connectivity index (χ1) is 19.0. The first kappa shape index (κ1) is 29.8. The first-order valence-electron chi connectivity index (χ1n) is 14.1. The standard InChI is InChI=1S/C29H37F3N4O4/c1-19-23(10-5-3-4-6-13-34-14-16-35(17-15-34)27(39)21-8-7-9-21)28(40)36(26(19)38)22-11-12-25(33-20(2)37)24(18-22)29(30,31)32/h11-12,18,21H,3-10,13-17H2,1-2H3,(H,33,37). The summed E-state index contributed by atoms with van der Waals surface area (Å²) in [4.78, 5) is 54.8. The lowest BCUT2D eigenvalue weighted by Gasteiger charge is -2.38. The lowest BCUT2D eigenvalue weighted by atomic mass is 9.84. The topological polar surface area (TPSA) is 90.0 Å². The molecule has 4 amide bonds. The molecule has 0 spiro atoms. The molecule has 1 saturated carbocycles. The molecule has 1 saturated heterocycles. The van der Waals surface area contributed by atoms with Crippen LogP contribution in [0.3, 0.4) is 0 Å². The summed E-state index contributed by atoms with van der Waals surface area (Å²) in [6.07, 6.45) is 2.32. The minimum atomic E-state index is -4.79. The van der Waals surface area contributed by atoms with Crippen LogP contribution in [0.2, 0.25) is 0 Å². The zero-order chi connectivity index (χ0) is 29.0. The van der Waals surface area contributed by atoms with Crippen molar-refractivity contribution in [1.82, 2.24) is 9.80 Å². The molecule has 0 unspecified atom stereocenters. The van der Waals surface area contributed by atoms with Crippen molar-refractivity contribution in [2.45, 2.75) is 71.4 Å². The SMILES string of the molecule is CC(=O)Nc1ccc(N2C(=O)C(C)=C(CCCCCCN3CCN(C(=O)C4CCC4)CC3)C2=O)cc1C(F)(F)F. The summed E-state index contributed by atoms with van der Waals surface area (Å²) >= 11 is 0. The van der Waals surface area contributed by atoms with Crippen LogP contribution < -0.4 is 10.2 Å². The van der Waals surface area contributed by atoms with Crippen molar-refractivity contribution in [2.24, 2.45) is 5.92 Å². The maximum atomic E-state index is 13.6. The average Bonchev–Trinajstić information content (AvgIpc) is 3.07. The molecule has 2 aliphatic heterocycles. The number of rotatable bonds is 10. The fourth-order valence-corrected chi connectivity index (χ4v) is 5.51. The second-order valence-corrected chi connectivity index (χ2v) is 10.9. The van der Waals surface area contributed by atoms with Gasteiger partial charge in [-0.1, -0.05) is 19.3 Å². The normalized spacial score (nSPS) is 18.9. The summed E-state index contributed by atoms with van der Waals surface area (Å²) in [5.74, 6) is -1.33. The monoisotopic (exact) mass is 562 g/mol. The number of carbonyl (C=O) groups is 4. The lowest BCUT2D eigenvalue weighted by molar-refractivity contribution is -0.140. The molecule has 4 rings (SSSR count). The summed E-state index contributed by atoms with van der Waals surface area (Å²) in [7, 11) is 0. The summed E-state index contributed by atoms with van der Waals surface area (Å²) in [6.45, 7) is 6.93. The predicted molar refractivity (Wildman–Crippen MR) is 144 cm³/mol. The zero-order valence-corrected chi connectivity index (χ0v) is 23.1. The van der Waals surface area contributed by atoms with E-state index in [1.54, 1.807) is 0 Å². The van der Waals surface area contributed by atoms with E-state index < -0.39 is 35.1 Å². The highest BCUT2D eigenvalue weighted by Crippen LogP contribution is 2.39. The molecule has 0 atom stereocenters. The van der Waals surface area contributed by atoms with Gasteiger partial charge in [0, 0.05) is 50.2 Å². The first-order valence-corrected chi connectivity index (χ1v) is 14.1. The van der Waals surface area contributed by atoms with E-state index in [4.69, 9.17) is 0 Å². The third-order valence-corrected chi connectivity index (χ3v) is 8.10. The molecule has 2 fully saturated rings. The minimum Gasteiger partial charge on any atom is -0.340 e. The maximum Gasteiger partial charge on any atom is 0.418 e. The molecule has 1 aromatic carbocycles. The van der Waals surface area contributed by atoms with Gasteiger partial charge in [-0.05, 0) is 63.8 Å². The van der Waals surface area contributed by atoms with Gasteiger partial charge in [0.15, 0.2) is 0 Å². The number of nitrogens with zero attached hydrogens (tertiary/aromatic N) is 3. The fourth-order valence-electron chi connectivity index (χ4n) is 5.51. The molecule has 218 valence electrons. The molecule has 3 aliphatic rings. The molecular weight excluding hydrogens is 525 g/mol. The molecule has 0 radical (unpaired) electrons. The number of halogens is 3. The van der Waals surface area contributed by atoms with E-state index in [0.717, 1.165) is 95.2 Å². The van der Waals surface area contributed by atoms with Crippen LogP contribution in [0.5, 0.6) is 0 Å². The molecule has 0 aromatic heterocycles. The molecule has 40 heavy (non-hydrogen) atoms. The lowest BCUT2D eigenvalue weighted by Crippen LogP contribution is -2.51. The van der Waals surface area contributed by atoms with Crippen molar-refractivity contribution in [2.75, 3.05) is 42.9 Å².